The molecule has 2 rings (SSSR count). The van der Waals surface area contributed by atoms with Crippen LogP contribution in [0.3, 0.4) is 0 Å². The molecule has 2 aliphatic rings. The number of likely N-dealkylation sites (tertiary alicyclic amines) is 1. The molecule has 0 radical (unpaired) electrons. The molecular formula is C10H18N2O2. The molecule has 2 heterocycles. The van der Waals surface area contributed by atoms with Gasteiger partial charge < -0.3 is 15.3 Å². The first-order chi connectivity index (χ1) is 6.77. The molecule has 0 aromatic heterocycles. The maximum absolute atomic E-state index is 10.8. The molecule has 14 heavy (non-hydrogen) atoms. The third kappa shape index (κ3) is 2.07. The van der Waals surface area contributed by atoms with Gasteiger partial charge in [-0.2, -0.15) is 0 Å². The number of rotatable bonds is 2. The van der Waals surface area contributed by atoms with Crippen molar-refractivity contribution in [1.82, 2.24) is 10.2 Å². The molecule has 0 bridgehead atoms. The van der Waals surface area contributed by atoms with E-state index in [9.17, 15) is 4.79 Å². The minimum absolute atomic E-state index is 0.325. The van der Waals surface area contributed by atoms with Crippen LogP contribution in [0.5, 0.6) is 0 Å². The second kappa shape index (κ2) is 4.28. The molecule has 2 fully saturated rings. The highest BCUT2D eigenvalue weighted by molar-refractivity contribution is 5.73. The van der Waals surface area contributed by atoms with Gasteiger partial charge in [-0.3, -0.25) is 4.79 Å². The van der Waals surface area contributed by atoms with Gasteiger partial charge >= 0.3 is 5.97 Å². The van der Waals surface area contributed by atoms with E-state index in [4.69, 9.17) is 5.11 Å². The number of nitrogens with one attached hydrogen (secondary N) is 1. The second-order valence-corrected chi connectivity index (χ2v) is 4.27. The highest BCUT2D eigenvalue weighted by atomic mass is 16.4. The van der Waals surface area contributed by atoms with Crippen molar-refractivity contribution < 1.29 is 9.90 Å². The van der Waals surface area contributed by atoms with E-state index in [2.05, 4.69) is 10.2 Å². The summed E-state index contributed by atoms with van der Waals surface area (Å²) in [6, 6.07) is 0.175. The van der Waals surface area contributed by atoms with E-state index in [0.29, 0.717) is 6.04 Å². The number of aliphatic carboxylic acids is 1. The molecule has 2 aliphatic heterocycles. The van der Waals surface area contributed by atoms with Crippen LogP contribution in [0, 0.1) is 0 Å². The summed E-state index contributed by atoms with van der Waals surface area (Å²) in [6.45, 7) is 3.17. The van der Waals surface area contributed by atoms with Crippen LogP contribution in [-0.4, -0.2) is 47.7 Å². The van der Waals surface area contributed by atoms with E-state index in [1.54, 1.807) is 0 Å². The van der Waals surface area contributed by atoms with Gasteiger partial charge in [-0.15, -0.1) is 0 Å². The quantitative estimate of drug-likeness (QED) is 0.669. The number of nitrogens with zero attached hydrogens (tertiary/aromatic N) is 1. The van der Waals surface area contributed by atoms with Crippen LogP contribution in [0.1, 0.15) is 25.7 Å². The van der Waals surface area contributed by atoms with Gasteiger partial charge in [-0.1, -0.05) is 0 Å². The Morgan fingerprint density at radius 1 is 1.36 bits per heavy atom. The Morgan fingerprint density at radius 3 is 2.71 bits per heavy atom. The third-order valence-electron chi connectivity index (χ3n) is 3.33. The van der Waals surface area contributed by atoms with Gasteiger partial charge in [0.15, 0.2) is 0 Å². The lowest BCUT2D eigenvalue weighted by Gasteiger charge is -2.34. The van der Waals surface area contributed by atoms with Crippen LogP contribution < -0.4 is 5.32 Å². The van der Waals surface area contributed by atoms with E-state index in [1.807, 2.05) is 0 Å². The minimum atomic E-state index is -0.700. The molecule has 4 nitrogen and oxygen atoms in total. The van der Waals surface area contributed by atoms with Crippen LogP contribution in [-0.2, 0) is 4.79 Å². The van der Waals surface area contributed by atoms with Crippen LogP contribution in [0.4, 0.5) is 0 Å². The molecule has 2 atom stereocenters. The lowest BCUT2D eigenvalue weighted by Crippen LogP contribution is -2.50. The summed E-state index contributed by atoms with van der Waals surface area (Å²) in [5.74, 6) is -0.700. The van der Waals surface area contributed by atoms with Crippen molar-refractivity contribution in [3.63, 3.8) is 0 Å². The molecule has 0 aromatic rings. The normalized spacial score (nSPS) is 34.6. The van der Waals surface area contributed by atoms with Crippen molar-refractivity contribution in [3.05, 3.63) is 0 Å². The SMILES string of the molecule is O=C(O)C1CC(N2CCCC2)CCN1. The Kier molecular flexibility index (Phi) is 3.03. The number of carbonyl (C=O) groups is 1. The van der Waals surface area contributed by atoms with Gasteiger partial charge in [0.1, 0.15) is 6.04 Å². The molecule has 0 spiro atoms. The highest BCUT2D eigenvalue weighted by Gasteiger charge is 2.30. The predicted molar refractivity (Wildman–Crippen MR) is 53.3 cm³/mol. The first kappa shape index (κ1) is 9.93. The van der Waals surface area contributed by atoms with E-state index in [1.165, 1.54) is 12.8 Å². The lowest BCUT2D eigenvalue weighted by molar-refractivity contribution is -0.140. The molecule has 2 unspecified atom stereocenters. The van der Waals surface area contributed by atoms with Gasteiger partial charge in [0.2, 0.25) is 0 Å². The first-order valence-corrected chi connectivity index (χ1v) is 5.47. The molecule has 0 aromatic carbocycles. The second-order valence-electron chi connectivity index (χ2n) is 4.27. The zero-order chi connectivity index (χ0) is 9.97. The number of carboxylic acids is 1. The average molecular weight is 198 g/mol. The van der Waals surface area contributed by atoms with Crippen molar-refractivity contribution in [2.75, 3.05) is 19.6 Å². The van der Waals surface area contributed by atoms with E-state index >= 15 is 0 Å². The summed E-state index contributed by atoms with van der Waals surface area (Å²) < 4.78 is 0. The minimum Gasteiger partial charge on any atom is -0.480 e. The van der Waals surface area contributed by atoms with Crippen molar-refractivity contribution >= 4 is 5.97 Å². The van der Waals surface area contributed by atoms with Gasteiger partial charge in [-0.25, -0.2) is 0 Å². The Morgan fingerprint density at radius 2 is 2.07 bits per heavy atom. The standard InChI is InChI=1S/C10H18N2O2/c13-10(14)9-7-8(3-4-11-9)12-5-1-2-6-12/h8-9,11H,1-7H2,(H,13,14). The molecule has 4 heteroatoms. The maximum Gasteiger partial charge on any atom is 0.320 e. The smallest absolute Gasteiger partial charge is 0.320 e. The van der Waals surface area contributed by atoms with Crippen molar-refractivity contribution in [3.8, 4) is 0 Å². The Bertz CT molecular complexity index is 214. The van der Waals surface area contributed by atoms with Crippen LogP contribution >= 0.6 is 0 Å². The van der Waals surface area contributed by atoms with Crippen molar-refractivity contribution in [2.24, 2.45) is 0 Å². The Balaban J connectivity index is 1.89. The third-order valence-corrected chi connectivity index (χ3v) is 3.33. The zero-order valence-corrected chi connectivity index (χ0v) is 8.41. The van der Waals surface area contributed by atoms with E-state index < -0.39 is 5.97 Å². The summed E-state index contributed by atoms with van der Waals surface area (Å²) in [7, 11) is 0. The molecule has 0 aliphatic carbocycles. The Hall–Kier alpha value is -0.610. The Labute approximate surface area is 84.3 Å². The molecule has 0 saturated carbocycles. The summed E-state index contributed by atoms with van der Waals surface area (Å²) in [6.07, 6.45) is 4.43. The fraction of sp³-hybridized carbons (Fsp3) is 0.900. The largest absolute Gasteiger partial charge is 0.480 e. The molecule has 2 saturated heterocycles. The fourth-order valence-corrected chi connectivity index (χ4v) is 2.52. The van der Waals surface area contributed by atoms with Gasteiger partial charge in [-0.05, 0) is 45.3 Å². The number of piperidine rings is 1. The number of hydrogen-bond donors (Lipinski definition) is 2. The van der Waals surface area contributed by atoms with Gasteiger partial charge in [0.05, 0.1) is 0 Å². The lowest BCUT2D eigenvalue weighted by atomic mass is 9.98. The van der Waals surface area contributed by atoms with Gasteiger partial charge in [0.25, 0.3) is 0 Å². The summed E-state index contributed by atoms with van der Waals surface area (Å²) >= 11 is 0. The number of carboxylic acid groups (broad SMARTS) is 1. The summed E-state index contributed by atoms with van der Waals surface area (Å²) in [4.78, 5) is 13.3. The zero-order valence-electron chi connectivity index (χ0n) is 8.41. The number of hydrogen-bond acceptors (Lipinski definition) is 3. The molecular weight excluding hydrogens is 180 g/mol. The van der Waals surface area contributed by atoms with Crippen molar-refractivity contribution in [1.29, 1.82) is 0 Å². The van der Waals surface area contributed by atoms with E-state index in [0.717, 1.165) is 32.5 Å². The van der Waals surface area contributed by atoms with Crippen LogP contribution in [0.15, 0.2) is 0 Å². The highest BCUT2D eigenvalue weighted by Crippen LogP contribution is 2.20. The fourth-order valence-electron chi connectivity index (χ4n) is 2.52. The monoisotopic (exact) mass is 198 g/mol. The summed E-state index contributed by atoms with van der Waals surface area (Å²) in [5.41, 5.74) is 0. The van der Waals surface area contributed by atoms with E-state index in [-0.39, 0.29) is 6.04 Å². The van der Waals surface area contributed by atoms with Crippen molar-refractivity contribution in [2.45, 2.75) is 37.8 Å². The average Bonchev–Trinajstić information content (AvgIpc) is 2.71. The molecule has 0 amide bonds. The summed E-state index contributed by atoms with van der Waals surface area (Å²) in [5, 5.41) is 12.0. The topological polar surface area (TPSA) is 52.6 Å². The maximum atomic E-state index is 10.8. The van der Waals surface area contributed by atoms with Crippen LogP contribution in [0.2, 0.25) is 0 Å². The first-order valence-electron chi connectivity index (χ1n) is 5.47. The molecule has 2 N–H and O–H groups in total. The van der Waals surface area contributed by atoms with Crippen LogP contribution in [0.25, 0.3) is 0 Å². The molecule has 80 valence electrons. The van der Waals surface area contributed by atoms with Gasteiger partial charge in [0, 0.05) is 6.04 Å². The predicted octanol–water partition coefficient (Wildman–Crippen LogP) is 0.287.